The van der Waals surface area contributed by atoms with Crippen LogP contribution in [0.15, 0.2) is 90.5 Å². The SMILES string of the molecule is COc1ccc(C(OCC[C@H](O)C#C/C=C\Cl)(c2ccccc2)c2ccc(OC)cc2)cc1. The monoisotopic (exact) mass is 462 g/mol. The molecule has 0 unspecified atom stereocenters. The van der Waals surface area contributed by atoms with Crippen LogP contribution in [0.4, 0.5) is 0 Å². The molecule has 0 fully saturated rings. The molecule has 0 heterocycles. The van der Waals surface area contributed by atoms with Crippen LogP contribution in [0, 0.1) is 11.8 Å². The second-order valence-electron chi connectivity index (χ2n) is 7.24. The lowest BCUT2D eigenvalue weighted by molar-refractivity contribution is 0.000749. The number of aliphatic hydroxyl groups excluding tert-OH is 1. The Bertz CT molecular complexity index is 1030. The van der Waals surface area contributed by atoms with Gasteiger partial charge in [-0.05, 0) is 47.0 Å². The van der Waals surface area contributed by atoms with Crippen molar-refractivity contribution in [2.24, 2.45) is 0 Å². The van der Waals surface area contributed by atoms with Crippen molar-refractivity contribution in [3.05, 3.63) is 107 Å². The maximum absolute atomic E-state index is 10.3. The minimum absolute atomic E-state index is 0.271. The first kappa shape index (κ1) is 24.4. The fourth-order valence-electron chi connectivity index (χ4n) is 3.65. The normalized spacial score (nSPS) is 12.1. The summed E-state index contributed by atoms with van der Waals surface area (Å²) in [4.78, 5) is 0. The number of hydrogen-bond acceptors (Lipinski definition) is 4. The van der Waals surface area contributed by atoms with Gasteiger partial charge in [-0.15, -0.1) is 0 Å². The third kappa shape index (κ3) is 5.97. The standard InChI is InChI=1S/C28H27ClO4/c1-31-26-15-11-23(12-16-26)28(22-8-4-3-5-9-22,24-13-17-27(32-2)18-14-24)33-21-19-25(30)10-6-7-20-29/h3-5,7-9,11-18,20,25,30H,19,21H2,1-2H3/b20-7-/t25-/m1/s1. The van der Waals surface area contributed by atoms with Crippen molar-refractivity contribution in [3.63, 3.8) is 0 Å². The average Bonchev–Trinajstić information content (AvgIpc) is 2.88. The molecule has 3 aromatic rings. The van der Waals surface area contributed by atoms with Gasteiger partial charge in [-0.3, -0.25) is 0 Å². The molecule has 0 amide bonds. The second kappa shape index (κ2) is 12.1. The summed E-state index contributed by atoms with van der Waals surface area (Å²) in [5.74, 6) is 6.96. The zero-order chi connectivity index (χ0) is 23.5. The van der Waals surface area contributed by atoms with E-state index in [1.807, 2.05) is 78.9 Å². The number of aliphatic hydroxyl groups is 1. The van der Waals surface area contributed by atoms with Crippen molar-refractivity contribution in [1.82, 2.24) is 0 Å². The lowest BCUT2D eigenvalue weighted by atomic mass is 9.80. The molecule has 170 valence electrons. The molecule has 0 aliphatic heterocycles. The van der Waals surface area contributed by atoms with Crippen LogP contribution in [-0.2, 0) is 10.3 Å². The van der Waals surface area contributed by atoms with E-state index < -0.39 is 11.7 Å². The van der Waals surface area contributed by atoms with Gasteiger partial charge < -0.3 is 19.3 Å². The van der Waals surface area contributed by atoms with Gasteiger partial charge >= 0.3 is 0 Å². The van der Waals surface area contributed by atoms with Gasteiger partial charge in [0.2, 0.25) is 0 Å². The highest BCUT2D eigenvalue weighted by molar-refractivity contribution is 6.25. The zero-order valence-corrected chi connectivity index (χ0v) is 19.5. The second-order valence-corrected chi connectivity index (χ2v) is 7.49. The minimum atomic E-state index is -0.914. The number of benzene rings is 3. The van der Waals surface area contributed by atoms with Crippen LogP contribution in [0.3, 0.4) is 0 Å². The summed E-state index contributed by atoms with van der Waals surface area (Å²) in [5.41, 5.74) is 3.23. The predicted molar refractivity (Wildman–Crippen MR) is 132 cm³/mol. The number of rotatable bonds is 9. The minimum Gasteiger partial charge on any atom is -0.497 e. The zero-order valence-electron chi connectivity index (χ0n) is 18.7. The Morgan fingerprint density at radius 1 is 0.848 bits per heavy atom. The summed E-state index contributed by atoms with van der Waals surface area (Å²) >= 11 is 5.49. The van der Waals surface area contributed by atoms with Crippen molar-refractivity contribution in [2.45, 2.75) is 18.1 Å². The van der Waals surface area contributed by atoms with Crippen LogP contribution in [0.2, 0.25) is 0 Å². The van der Waals surface area contributed by atoms with E-state index in [4.69, 9.17) is 25.8 Å². The van der Waals surface area contributed by atoms with Crippen molar-refractivity contribution < 1.29 is 19.3 Å². The molecule has 0 aliphatic carbocycles. The third-order valence-corrected chi connectivity index (χ3v) is 5.41. The molecule has 1 atom stereocenters. The van der Waals surface area contributed by atoms with Crippen LogP contribution >= 0.6 is 11.6 Å². The first-order valence-electron chi connectivity index (χ1n) is 10.6. The van der Waals surface area contributed by atoms with Crippen LogP contribution < -0.4 is 9.47 Å². The van der Waals surface area contributed by atoms with E-state index in [0.717, 1.165) is 28.2 Å². The van der Waals surface area contributed by atoms with E-state index in [1.54, 1.807) is 14.2 Å². The molecule has 33 heavy (non-hydrogen) atoms. The Morgan fingerprint density at radius 2 is 1.36 bits per heavy atom. The molecule has 4 nitrogen and oxygen atoms in total. The van der Waals surface area contributed by atoms with Gasteiger partial charge in [0.15, 0.2) is 0 Å². The van der Waals surface area contributed by atoms with Crippen molar-refractivity contribution in [2.75, 3.05) is 20.8 Å². The molecular weight excluding hydrogens is 436 g/mol. The molecule has 0 aromatic heterocycles. The van der Waals surface area contributed by atoms with Crippen LogP contribution in [0.1, 0.15) is 23.1 Å². The fraction of sp³-hybridized carbons (Fsp3) is 0.214. The van der Waals surface area contributed by atoms with E-state index in [9.17, 15) is 5.11 Å². The maximum Gasteiger partial charge on any atom is 0.143 e. The van der Waals surface area contributed by atoms with Crippen LogP contribution in [0.5, 0.6) is 11.5 Å². The Labute approximate surface area is 200 Å². The summed E-state index contributed by atoms with van der Waals surface area (Å²) < 4.78 is 17.4. The Balaban J connectivity index is 2.07. The lowest BCUT2D eigenvalue weighted by Gasteiger charge is -2.36. The van der Waals surface area contributed by atoms with E-state index in [1.165, 1.54) is 11.6 Å². The first-order valence-corrected chi connectivity index (χ1v) is 11.0. The lowest BCUT2D eigenvalue weighted by Crippen LogP contribution is -2.34. The van der Waals surface area contributed by atoms with Gasteiger partial charge in [0.25, 0.3) is 0 Å². The number of allylic oxidation sites excluding steroid dienone is 1. The van der Waals surface area contributed by atoms with Crippen molar-refractivity contribution in [1.29, 1.82) is 0 Å². The van der Waals surface area contributed by atoms with E-state index in [0.29, 0.717) is 6.42 Å². The molecule has 1 N–H and O–H groups in total. The van der Waals surface area contributed by atoms with Gasteiger partial charge in [-0.2, -0.15) is 0 Å². The van der Waals surface area contributed by atoms with Gasteiger partial charge in [-0.1, -0.05) is 78.0 Å². The maximum atomic E-state index is 10.3. The summed E-state index contributed by atoms with van der Waals surface area (Å²) in [6.07, 6.45) is 0.983. The summed E-state index contributed by atoms with van der Waals surface area (Å²) in [7, 11) is 3.28. The van der Waals surface area contributed by atoms with Gasteiger partial charge in [0.1, 0.15) is 23.2 Å². The van der Waals surface area contributed by atoms with Gasteiger partial charge in [0, 0.05) is 12.0 Å². The fourth-order valence-corrected chi connectivity index (χ4v) is 3.71. The number of ether oxygens (including phenoxy) is 3. The highest BCUT2D eigenvalue weighted by Crippen LogP contribution is 2.41. The van der Waals surface area contributed by atoms with E-state index >= 15 is 0 Å². The van der Waals surface area contributed by atoms with E-state index in [2.05, 4.69) is 11.8 Å². The van der Waals surface area contributed by atoms with Crippen molar-refractivity contribution in [3.8, 4) is 23.3 Å². The first-order chi connectivity index (χ1) is 16.1. The topological polar surface area (TPSA) is 47.9 Å². The molecule has 0 aliphatic rings. The van der Waals surface area contributed by atoms with E-state index in [-0.39, 0.29) is 6.61 Å². The summed E-state index contributed by atoms with van der Waals surface area (Å²) in [6, 6.07) is 25.7. The highest BCUT2D eigenvalue weighted by Gasteiger charge is 2.37. The Kier molecular flexibility index (Phi) is 8.97. The number of hydrogen-bond donors (Lipinski definition) is 1. The molecule has 0 bridgehead atoms. The molecule has 3 aromatic carbocycles. The Morgan fingerprint density at radius 3 is 1.85 bits per heavy atom. The summed E-state index contributed by atoms with van der Waals surface area (Å²) in [6.45, 7) is 0.271. The molecule has 0 radical (unpaired) electrons. The largest absolute Gasteiger partial charge is 0.497 e. The number of halogens is 1. The van der Waals surface area contributed by atoms with Crippen LogP contribution in [-0.4, -0.2) is 32.0 Å². The quantitative estimate of drug-likeness (QED) is 0.336. The molecule has 5 heteroatoms. The van der Waals surface area contributed by atoms with Gasteiger partial charge in [0.05, 0.1) is 20.8 Å². The van der Waals surface area contributed by atoms with Crippen LogP contribution in [0.25, 0.3) is 0 Å². The number of methoxy groups -OCH3 is 2. The highest BCUT2D eigenvalue weighted by atomic mass is 35.5. The third-order valence-electron chi connectivity index (χ3n) is 5.28. The average molecular weight is 463 g/mol. The summed E-state index contributed by atoms with van der Waals surface area (Å²) in [5, 5.41) is 10.3. The Hall–Kier alpha value is -3.23. The molecule has 0 saturated carbocycles. The smallest absolute Gasteiger partial charge is 0.143 e. The van der Waals surface area contributed by atoms with Gasteiger partial charge in [-0.25, -0.2) is 0 Å². The molecule has 0 spiro atoms. The molecule has 3 rings (SSSR count). The molecular formula is C28H27ClO4. The molecule has 0 saturated heterocycles. The predicted octanol–water partition coefficient (Wildman–Crippen LogP) is 5.52. The van der Waals surface area contributed by atoms with Crippen molar-refractivity contribution >= 4 is 11.6 Å².